The maximum absolute atomic E-state index is 13.6. The summed E-state index contributed by atoms with van der Waals surface area (Å²) in [5, 5.41) is 0. The highest BCUT2D eigenvalue weighted by atomic mass is 19.1. The van der Waals surface area contributed by atoms with Crippen LogP contribution < -0.4 is 10.5 Å². The van der Waals surface area contributed by atoms with Crippen LogP contribution in [0.3, 0.4) is 0 Å². The van der Waals surface area contributed by atoms with E-state index in [1.807, 2.05) is 38.1 Å². The van der Waals surface area contributed by atoms with Crippen molar-refractivity contribution in [3.63, 3.8) is 0 Å². The largest absolute Gasteiger partial charge is 0.457 e. The molecule has 0 aliphatic heterocycles. The number of hydrogen-bond donors (Lipinski definition) is 1. The molecule has 0 aromatic heterocycles. The van der Waals surface area contributed by atoms with Crippen LogP contribution in [0.5, 0.6) is 11.5 Å². The van der Waals surface area contributed by atoms with E-state index in [2.05, 4.69) is 0 Å². The molecule has 100 valence electrons. The Hall–Kier alpha value is -1.87. The van der Waals surface area contributed by atoms with E-state index in [9.17, 15) is 4.39 Å². The Morgan fingerprint density at radius 2 is 1.74 bits per heavy atom. The quantitative estimate of drug-likeness (QED) is 0.894. The van der Waals surface area contributed by atoms with Gasteiger partial charge in [0.05, 0.1) is 0 Å². The van der Waals surface area contributed by atoms with Crippen LogP contribution in [-0.2, 0) is 0 Å². The molecule has 2 aromatic carbocycles. The van der Waals surface area contributed by atoms with Crippen molar-refractivity contribution >= 4 is 0 Å². The Morgan fingerprint density at radius 1 is 1.05 bits per heavy atom. The van der Waals surface area contributed by atoms with Crippen molar-refractivity contribution < 1.29 is 9.13 Å². The van der Waals surface area contributed by atoms with Crippen molar-refractivity contribution in [1.29, 1.82) is 0 Å². The molecule has 2 rings (SSSR count). The first-order valence-electron chi connectivity index (χ1n) is 6.28. The van der Waals surface area contributed by atoms with Crippen LogP contribution in [0.2, 0.25) is 0 Å². The maximum Gasteiger partial charge on any atom is 0.132 e. The van der Waals surface area contributed by atoms with Crippen molar-refractivity contribution in [3.05, 3.63) is 58.9 Å². The lowest BCUT2D eigenvalue weighted by molar-refractivity contribution is 0.465. The Bertz CT molecular complexity index is 593. The highest BCUT2D eigenvalue weighted by Gasteiger charge is 2.13. The number of benzene rings is 2. The predicted octanol–water partition coefficient (Wildman–Crippen LogP) is 4.25. The van der Waals surface area contributed by atoms with Gasteiger partial charge in [0.25, 0.3) is 0 Å². The fourth-order valence-electron chi connectivity index (χ4n) is 1.90. The third-order valence-corrected chi connectivity index (χ3v) is 3.10. The van der Waals surface area contributed by atoms with Gasteiger partial charge in [0.2, 0.25) is 0 Å². The van der Waals surface area contributed by atoms with E-state index in [1.54, 1.807) is 13.0 Å². The fraction of sp³-hybridized carbons (Fsp3) is 0.250. The Labute approximate surface area is 113 Å². The molecule has 0 amide bonds. The van der Waals surface area contributed by atoms with Gasteiger partial charge in [-0.05, 0) is 50.1 Å². The van der Waals surface area contributed by atoms with Gasteiger partial charge < -0.3 is 10.5 Å². The lowest BCUT2D eigenvalue weighted by Crippen LogP contribution is -2.08. The molecule has 0 heterocycles. The zero-order valence-electron chi connectivity index (χ0n) is 11.4. The molecule has 0 saturated heterocycles. The number of ether oxygens (including phenoxy) is 1. The number of nitrogens with two attached hydrogens (primary N) is 1. The minimum Gasteiger partial charge on any atom is -0.457 e. The lowest BCUT2D eigenvalue weighted by Gasteiger charge is -2.16. The van der Waals surface area contributed by atoms with Gasteiger partial charge >= 0.3 is 0 Å². The second kappa shape index (κ2) is 5.41. The van der Waals surface area contributed by atoms with Gasteiger partial charge in [-0.25, -0.2) is 4.39 Å². The van der Waals surface area contributed by atoms with Crippen LogP contribution in [-0.4, -0.2) is 0 Å². The molecule has 0 aliphatic rings. The van der Waals surface area contributed by atoms with Crippen LogP contribution in [0.25, 0.3) is 0 Å². The normalized spacial score (nSPS) is 12.3. The first-order valence-corrected chi connectivity index (χ1v) is 6.28. The topological polar surface area (TPSA) is 35.2 Å². The lowest BCUT2D eigenvalue weighted by atomic mass is 10.0. The second-order valence-corrected chi connectivity index (χ2v) is 4.80. The van der Waals surface area contributed by atoms with Crippen molar-refractivity contribution in [3.8, 4) is 11.5 Å². The van der Waals surface area contributed by atoms with Crippen molar-refractivity contribution in [2.45, 2.75) is 26.8 Å². The van der Waals surface area contributed by atoms with Gasteiger partial charge in [-0.3, -0.25) is 0 Å². The van der Waals surface area contributed by atoms with Crippen LogP contribution >= 0.6 is 0 Å². The standard InChI is InChI=1S/C16H18FNO/c1-10-6-4-5-7-15(10)19-16-8-11(2)14(17)9-13(16)12(3)18/h4-9,12H,18H2,1-3H3. The zero-order valence-corrected chi connectivity index (χ0v) is 11.4. The Kier molecular flexibility index (Phi) is 3.86. The molecule has 0 saturated carbocycles. The molecule has 2 N–H and O–H groups in total. The minimum atomic E-state index is -0.283. The second-order valence-electron chi connectivity index (χ2n) is 4.80. The smallest absolute Gasteiger partial charge is 0.132 e. The van der Waals surface area contributed by atoms with Gasteiger partial charge in [-0.15, -0.1) is 0 Å². The molecule has 2 nitrogen and oxygen atoms in total. The molecule has 0 fully saturated rings. The van der Waals surface area contributed by atoms with E-state index in [1.165, 1.54) is 6.07 Å². The summed E-state index contributed by atoms with van der Waals surface area (Å²) >= 11 is 0. The summed E-state index contributed by atoms with van der Waals surface area (Å²) < 4.78 is 19.5. The third-order valence-electron chi connectivity index (χ3n) is 3.10. The molecule has 2 aromatic rings. The number of para-hydroxylation sites is 1. The maximum atomic E-state index is 13.6. The summed E-state index contributed by atoms with van der Waals surface area (Å²) in [7, 11) is 0. The molecule has 1 unspecified atom stereocenters. The molecule has 19 heavy (non-hydrogen) atoms. The predicted molar refractivity (Wildman–Crippen MR) is 75.0 cm³/mol. The fourth-order valence-corrected chi connectivity index (χ4v) is 1.90. The van der Waals surface area contributed by atoms with Crippen molar-refractivity contribution in [1.82, 2.24) is 0 Å². The van der Waals surface area contributed by atoms with Crippen LogP contribution in [0.4, 0.5) is 4.39 Å². The zero-order chi connectivity index (χ0) is 14.0. The molecule has 0 spiro atoms. The summed E-state index contributed by atoms with van der Waals surface area (Å²) in [4.78, 5) is 0. The molecular formula is C16H18FNO. The minimum absolute atomic E-state index is 0.260. The molecule has 0 radical (unpaired) electrons. The first kappa shape index (κ1) is 13.6. The van der Waals surface area contributed by atoms with Crippen LogP contribution in [0.15, 0.2) is 36.4 Å². The van der Waals surface area contributed by atoms with Gasteiger partial charge in [0.1, 0.15) is 17.3 Å². The average molecular weight is 259 g/mol. The Morgan fingerprint density at radius 3 is 2.37 bits per heavy atom. The van der Waals surface area contributed by atoms with E-state index in [0.717, 1.165) is 11.3 Å². The monoisotopic (exact) mass is 259 g/mol. The molecule has 3 heteroatoms. The summed E-state index contributed by atoms with van der Waals surface area (Å²) in [5.74, 6) is 1.11. The number of aryl methyl sites for hydroxylation is 2. The SMILES string of the molecule is Cc1cc(Oc2ccccc2C)c(C(C)N)cc1F. The third kappa shape index (κ3) is 2.93. The molecular weight excluding hydrogens is 241 g/mol. The molecule has 1 atom stereocenters. The van der Waals surface area contributed by atoms with E-state index in [0.29, 0.717) is 16.9 Å². The molecule has 0 bridgehead atoms. The van der Waals surface area contributed by atoms with Gasteiger partial charge in [-0.2, -0.15) is 0 Å². The summed E-state index contributed by atoms with van der Waals surface area (Å²) in [6.45, 7) is 5.50. The number of halogens is 1. The van der Waals surface area contributed by atoms with E-state index < -0.39 is 0 Å². The first-order chi connectivity index (χ1) is 8.99. The average Bonchev–Trinajstić information content (AvgIpc) is 2.36. The van der Waals surface area contributed by atoms with Gasteiger partial charge in [-0.1, -0.05) is 18.2 Å². The van der Waals surface area contributed by atoms with Gasteiger partial charge in [0.15, 0.2) is 0 Å². The highest BCUT2D eigenvalue weighted by molar-refractivity contribution is 5.44. The van der Waals surface area contributed by atoms with Crippen molar-refractivity contribution in [2.24, 2.45) is 5.73 Å². The van der Waals surface area contributed by atoms with Crippen LogP contribution in [0.1, 0.15) is 29.7 Å². The summed E-state index contributed by atoms with van der Waals surface area (Å²) in [6, 6.07) is 10.6. The van der Waals surface area contributed by atoms with Crippen LogP contribution in [0, 0.1) is 19.7 Å². The number of hydrogen-bond acceptors (Lipinski definition) is 2. The van der Waals surface area contributed by atoms with E-state index >= 15 is 0 Å². The number of rotatable bonds is 3. The van der Waals surface area contributed by atoms with E-state index in [-0.39, 0.29) is 11.9 Å². The van der Waals surface area contributed by atoms with Gasteiger partial charge in [0, 0.05) is 11.6 Å². The van der Waals surface area contributed by atoms with E-state index in [4.69, 9.17) is 10.5 Å². The molecule has 0 aliphatic carbocycles. The highest BCUT2D eigenvalue weighted by Crippen LogP contribution is 2.32. The summed E-state index contributed by atoms with van der Waals surface area (Å²) in [5.41, 5.74) is 8.13. The summed E-state index contributed by atoms with van der Waals surface area (Å²) in [6.07, 6.45) is 0. The Balaban J connectivity index is 2.45. The van der Waals surface area contributed by atoms with Crippen molar-refractivity contribution in [2.75, 3.05) is 0 Å².